The second-order valence-electron chi connectivity index (χ2n) is 8.00. The Hall–Kier alpha value is -2.64. The minimum atomic E-state index is -0.673. The highest BCUT2D eigenvalue weighted by atomic mass is 32.1. The van der Waals surface area contributed by atoms with Gasteiger partial charge in [-0.25, -0.2) is 0 Å². The lowest BCUT2D eigenvalue weighted by atomic mass is 10.1. The molecule has 5 nitrogen and oxygen atoms in total. The number of carbonyl (C=O) groups is 2. The maximum Gasteiger partial charge on any atom is 0.248 e. The number of carbonyl (C=O) groups excluding carboxylic acids is 2. The van der Waals surface area contributed by atoms with Crippen LogP contribution < -0.4 is 10.1 Å². The zero-order valence-electron chi connectivity index (χ0n) is 18.2. The number of benzene rings is 1. The number of hydrogen-bond donors (Lipinski definition) is 1. The van der Waals surface area contributed by atoms with E-state index in [1.165, 1.54) is 11.3 Å². The quantitative estimate of drug-likeness (QED) is 0.470. The number of para-hydroxylation sites is 1. The zero-order valence-corrected chi connectivity index (χ0v) is 19.8. The number of amides is 2. The van der Waals surface area contributed by atoms with E-state index in [2.05, 4.69) is 5.32 Å². The number of nitrogens with one attached hydrogen (secondary N) is 1. The minimum absolute atomic E-state index is 0.0710. The Morgan fingerprint density at radius 1 is 1.06 bits per heavy atom. The van der Waals surface area contributed by atoms with Gasteiger partial charge in [0.2, 0.25) is 11.8 Å². The van der Waals surface area contributed by atoms with Gasteiger partial charge in [0.05, 0.1) is 20.1 Å². The van der Waals surface area contributed by atoms with Crippen LogP contribution in [0.5, 0.6) is 5.75 Å². The molecule has 1 aromatic carbocycles. The molecule has 3 aromatic rings. The van der Waals surface area contributed by atoms with Crippen molar-refractivity contribution in [3.63, 3.8) is 0 Å². The molecule has 1 atom stereocenters. The topological polar surface area (TPSA) is 58.6 Å². The van der Waals surface area contributed by atoms with Crippen molar-refractivity contribution in [2.45, 2.75) is 50.7 Å². The first-order chi connectivity index (χ1) is 15.7. The summed E-state index contributed by atoms with van der Waals surface area (Å²) in [4.78, 5) is 30.7. The number of methoxy groups -OCH3 is 1. The maximum absolute atomic E-state index is 13.6. The van der Waals surface area contributed by atoms with Crippen LogP contribution in [0.4, 0.5) is 0 Å². The molecule has 2 aromatic heterocycles. The summed E-state index contributed by atoms with van der Waals surface area (Å²) < 4.78 is 5.54. The van der Waals surface area contributed by atoms with Crippen molar-refractivity contribution in [1.29, 1.82) is 0 Å². The van der Waals surface area contributed by atoms with Crippen LogP contribution in [-0.2, 0) is 22.6 Å². The molecular weight excluding hydrogens is 440 g/mol. The predicted molar refractivity (Wildman–Crippen MR) is 129 cm³/mol. The van der Waals surface area contributed by atoms with Gasteiger partial charge in [0.1, 0.15) is 11.8 Å². The molecule has 0 radical (unpaired) electrons. The normalized spacial score (nSPS) is 14.8. The van der Waals surface area contributed by atoms with Crippen molar-refractivity contribution in [2.24, 2.45) is 0 Å². The SMILES string of the molecule is COc1ccccc1CN(C(=O)Cc1cccs1)[C@H](C(=O)NC1CCCC1)c1cccs1. The molecule has 1 aliphatic carbocycles. The fourth-order valence-electron chi connectivity index (χ4n) is 4.23. The van der Waals surface area contributed by atoms with Crippen molar-refractivity contribution < 1.29 is 14.3 Å². The first-order valence-electron chi connectivity index (χ1n) is 10.9. The van der Waals surface area contributed by atoms with E-state index in [0.717, 1.165) is 41.0 Å². The van der Waals surface area contributed by atoms with Crippen LogP contribution in [0.2, 0.25) is 0 Å². The van der Waals surface area contributed by atoms with Crippen LogP contribution in [0.15, 0.2) is 59.3 Å². The highest BCUT2D eigenvalue weighted by Gasteiger charge is 2.34. The summed E-state index contributed by atoms with van der Waals surface area (Å²) in [5.41, 5.74) is 0.879. The Labute approximate surface area is 197 Å². The summed E-state index contributed by atoms with van der Waals surface area (Å²) in [5, 5.41) is 7.14. The molecule has 4 rings (SSSR count). The maximum atomic E-state index is 13.6. The molecular formula is C25H28N2O3S2. The fraction of sp³-hybridized carbons (Fsp3) is 0.360. The summed E-state index contributed by atoms with van der Waals surface area (Å²) in [6, 6.07) is 15.0. The van der Waals surface area contributed by atoms with Crippen molar-refractivity contribution in [3.8, 4) is 5.75 Å². The lowest BCUT2D eigenvalue weighted by Gasteiger charge is -2.32. The van der Waals surface area contributed by atoms with Crippen LogP contribution in [0.25, 0.3) is 0 Å². The van der Waals surface area contributed by atoms with Gasteiger partial charge in [0, 0.05) is 21.4 Å². The summed E-state index contributed by atoms with van der Waals surface area (Å²) >= 11 is 3.06. The Bertz CT molecular complexity index is 1010. The van der Waals surface area contributed by atoms with Gasteiger partial charge in [-0.15, -0.1) is 22.7 Å². The fourth-order valence-corrected chi connectivity index (χ4v) is 5.76. The van der Waals surface area contributed by atoms with Gasteiger partial charge in [0.25, 0.3) is 0 Å². The third-order valence-corrected chi connectivity index (χ3v) is 7.63. The van der Waals surface area contributed by atoms with E-state index in [1.807, 2.05) is 59.3 Å². The van der Waals surface area contributed by atoms with Gasteiger partial charge >= 0.3 is 0 Å². The Morgan fingerprint density at radius 3 is 2.50 bits per heavy atom. The Balaban J connectivity index is 1.68. The van der Waals surface area contributed by atoms with Gasteiger partial charge in [-0.1, -0.05) is 43.2 Å². The molecule has 1 aliphatic rings. The zero-order chi connectivity index (χ0) is 22.3. The number of nitrogens with zero attached hydrogens (tertiary/aromatic N) is 1. The molecule has 0 saturated heterocycles. The summed E-state index contributed by atoms with van der Waals surface area (Å²) in [7, 11) is 1.63. The van der Waals surface area contributed by atoms with Crippen molar-refractivity contribution in [2.75, 3.05) is 7.11 Å². The molecule has 7 heteroatoms. The lowest BCUT2D eigenvalue weighted by molar-refractivity contribution is -0.141. The van der Waals surface area contributed by atoms with Crippen LogP contribution in [-0.4, -0.2) is 29.9 Å². The average Bonchev–Trinajstić information content (AvgIpc) is 3.58. The van der Waals surface area contributed by atoms with E-state index in [4.69, 9.17) is 4.74 Å². The summed E-state index contributed by atoms with van der Waals surface area (Å²) in [6.45, 7) is 0.300. The highest BCUT2D eigenvalue weighted by molar-refractivity contribution is 7.10. The summed E-state index contributed by atoms with van der Waals surface area (Å²) in [5.74, 6) is 0.537. The van der Waals surface area contributed by atoms with Crippen molar-refractivity contribution in [3.05, 3.63) is 74.6 Å². The molecule has 32 heavy (non-hydrogen) atoms. The van der Waals surface area contributed by atoms with Crippen LogP contribution in [0.3, 0.4) is 0 Å². The van der Waals surface area contributed by atoms with E-state index in [0.29, 0.717) is 12.3 Å². The number of hydrogen-bond acceptors (Lipinski definition) is 5. The van der Waals surface area contributed by atoms with Gasteiger partial charge in [0.15, 0.2) is 0 Å². The smallest absolute Gasteiger partial charge is 0.248 e. The van der Waals surface area contributed by atoms with E-state index < -0.39 is 6.04 Å². The Kier molecular flexibility index (Phi) is 7.60. The second kappa shape index (κ2) is 10.8. The van der Waals surface area contributed by atoms with E-state index in [-0.39, 0.29) is 24.3 Å². The van der Waals surface area contributed by atoms with Crippen molar-refractivity contribution in [1.82, 2.24) is 10.2 Å². The lowest BCUT2D eigenvalue weighted by Crippen LogP contribution is -2.46. The molecule has 0 spiro atoms. The van der Waals surface area contributed by atoms with Gasteiger partial charge in [-0.05, 0) is 41.8 Å². The van der Waals surface area contributed by atoms with E-state index in [1.54, 1.807) is 23.3 Å². The number of ether oxygens (including phenoxy) is 1. The standard InChI is InChI=1S/C25H28N2O3S2/c1-30-21-12-5-2-8-18(21)17-27(23(28)16-20-11-6-14-31-20)24(22-13-7-15-32-22)25(29)26-19-9-3-4-10-19/h2,5-8,11-15,19,24H,3-4,9-10,16-17H2,1H3,(H,26,29)/t24-/m0/s1. The van der Waals surface area contributed by atoms with E-state index >= 15 is 0 Å². The highest BCUT2D eigenvalue weighted by Crippen LogP contribution is 2.31. The number of rotatable bonds is 9. The van der Waals surface area contributed by atoms with Gasteiger partial charge in [-0.2, -0.15) is 0 Å². The largest absolute Gasteiger partial charge is 0.496 e. The third kappa shape index (κ3) is 5.40. The number of thiophene rings is 2. The van der Waals surface area contributed by atoms with Crippen LogP contribution in [0, 0.1) is 0 Å². The predicted octanol–water partition coefficient (Wildman–Crippen LogP) is 5.19. The first-order valence-corrected chi connectivity index (χ1v) is 12.7. The van der Waals surface area contributed by atoms with Crippen molar-refractivity contribution >= 4 is 34.5 Å². The molecule has 1 saturated carbocycles. The third-order valence-electron chi connectivity index (χ3n) is 5.83. The van der Waals surface area contributed by atoms with Gasteiger partial charge in [-0.3, -0.25) is 9.59 Å². The van der Waals surface area contributed by atoms with E-state index in [9.17, 15) is 9.59 Å². The molecule has 2 amide bonds. The minimum Gasteiger partial charge on any atom is -0.496 e. The monoisotopic (exact) mass is 468 g/mol. The molecule has 2 heterocycles. The Morgan fingerprint density at radius 2 is 1.81 bits per heavy atom. The van der Waals surface area contributed by atoms with Gasteiger partial charge < -0.3 is 15.0 Å². The average molecular weight is 469 g/mol. The molecule has 0 aliphatic heterocycles. The molecule has 1 fully saturated rings. The molecule has 1 N–H and O–H groups in total. The summed E-state index contributed by atoms with van der Waals surface area (Å²) in [6.07, 6.45) is 4.54. The van der Waals surface area contributed by atoms with Crippen LogP contribution >= 0.6 is 22.7 Å². The second-order valence-corrected chi connectivity index (χ2v) is 10.0. The molecule has 168 valence electrons. The van der Waals surface area contributed by atoms with Crippen LogP contribution in [0.1, 0.15) is 47.0 Å². The first kappa shape index (κ1) is 22.6. The molecule has 0 unspecified atom stereocenters. The molecule has 0 bridgehead atoms.